The van der Waals surface area contributed by atoms with Crippen molar-refractivity contribution in [3.05, 3.63) is 35.9 Å². The number of carbonyl (C=O) groups excluding carboxylic acids is 1. The molecule has 0 aliphatic heterocycles. The molecule has 0 heterocycles. The van der Waals surface area contributed by atoms with Crippen LogP contribution in [0, 0.1) is 10.8 Å². The van der Waals surface area contributed by atoms with Crippen LogP contribution in [0.4, 0.5) is 0 Å². The van der Waals surface area contributed by atoms with Crippen molar-refractivity contribution in [2.45, 2.75) is 72.5 Å². The molecule has 0 bridgehead atoms. The van der Waals surface area contributed by atoms with Crippen molar-refractivity contribution in [3.63, 3.8) is 0 Å². The van der Waals surface area contributed by atoms with E-state index in [0.717, 1.165) is 5.56 Å². The van der Waals surface area contributed by atoms with Crippen LogP contribution in [0.5, 0.6) is 11.5 Å². The van der Waals surface area contributed by atoms with Gasteiger partial charge in [-0.1, -0.05) is 32.1 Å². The molecule has 0 spiro atoms. The largest absolute Gasteiger partial charge is 0.504 e. The summed E-state index contributed by atoms with van der Waals surface area (Å²) >= 11 is 0. The predicted octanol–water partition coefficient (Wildman–Crippen LogP) is 3.70. The first-order chi connectivity index (χ1) is 13.1. The van der Waals surface area contributed by atoms with E-state index >= 15 is 0 Å². The summed E-state index contributed by atoms with van der Waals surface area (Å²) in [5, 5.41) is 39.2. The van der Waals surface area contributed by atoms with E-state index in [-0.39, 0.29) is 29.9 Å². The standard InChI is InChI=1S/C23H36O6/c1-16(24)14-21(2,3)10-11-23(6,28)15-22(4,5)20(27)29-12-9-17-7-8-18(25)19(26)13-17/h7-8,10-11,13,16,24-26,28H,9,12,14-15H2,1-6H3/b11-10-. The number of allylic oxidation sites excluding steroid dienone is 1. The Bertz CT molecular complexity index is 716. The van der Waals surface area contributed by atoms with E-state index in [0.29, 0.717) is 12.8 Å². The quantitative estimate of drug-likeness (QED) is 0.267. The van der Waals surface area contributed by atoms with Gasteiger partial charge < -0.3 is 25.2 Å². The number of aromatic hydroxyl groups is 2. The average Bonchev–Trinajstić information content (AvgIpc) is 2.54. The lowest BCUT2D eigenvalue weighted by atomic mass is 9.79. The molecule has 0 radical (unpaired) electrons. The molecule has 6 heteroatoms. The maximum absolute atomic E-state index is 12.5. The fraction of sp³-hybridized carbons (Fsp3) is 0.609. The SMILES string of the molecule is CC(O)CC(C)(C)/C=C\C(C)(O)CC(C)(C)C(=O)OCCc1ccc(O)c(O)c1. The average molecular weight is 409 g/mol. The Hall–Kier alpha value is -2.05. The highest BCUT2D eigenvalue weighted by atomic mass is 16.5. The van der Waals surface area contributed by atoms with Gasteiger partial charge >= 0.3 is 5.97 Å². The summed E-state index contributed by atoms with van der Waals surface area (Å²) < 4.78 is 5.37. The third-order valence-corrected chi connectivity index (χ3v) is 4.73. The zero-order chi connectivity index (χ0) is 22.5. The lowest BCUT2D eigenvalue weighted by Crippen LogP contribution is -2.36. The van der Waals surface area contributed by atoms with Crippen LogP contribution in [0.3, 0.4) is 0 Å². The van der Waals surface area contributed by atoms with Gasteiger partial charge in [-0.25, -0.2) is 0 Å². The van der Waals surface area contributed by atoms with Crippen molar-refractivity contribution in [1.29, 1.82) is 0 Å². The number of phenols is 2. The highest BCUT2D eigenvalue weighted by Crippen LogP contribution is 2.33. The second-order valence-electron chi connectivity index (χ2n) is 9.50. The topological polar surface area (TPSA) is 107 Å². The van der Waals surface area contributed by atoms with E-state index in [2.05, 4.69) is 0 Å². The van der Waals surface area contributed by atoms with Gasteiger partial charge in [-0.05, 0) is 63.6 Å². The van der Waals surface area contributed by atoms with Gasteiger partial charge in [-0.15, -0.1) is 0 Å². The molecule has 1 aromatic carbocycles. The van der Waals surface area contributed by atoms with Gasteiger partial charge in [0.2, 0.25) is 0 Å². The molecule has 1 aromatic rings. The predicted molar refractivity (Wildman–Crippen MR) is 113 cm³/mol. The molecule has 4 N–H and O–H groups in total. The molecular formula is C23H36O6. The number of esters is 1. The molecule has 0 aliphatic rings. The summed E-state index contributed by atoms with van der Waals surface area (Å²) in [4.78, 5) is 12.5. The molecule has 2 atom stereocenters. The van der Waals surface area contributed by atoms with Gasteiger partial charge in [0.05, 0.1) is 23.7 Å². The lowest BCUT2D eigenvalue weighted by Gasteiger charge is -2.31. The van der Waals surface area contributed by atoms with Crippen molar-refractivity contribution < 1.29 is 30.0 Å². The van der Waals surface area contributed by atoms with Gasteiger partial charge in [0.25, 0.3) is 0 Å². The first-order valence-electron chi connectivity index (χ1n) is 9.92. The Balaban J connectivity index is 2.64. The van der Waals surface area contributed by atoms with Crippen LogP contribution in [0.1, 0.15) is 59.9 Å². The van der Waals surface area contributed by atoms with Crippen molar-refractivity contribution >= 4 is 5.97 Å². The van der Waals surface area contributed by atoms with Gasteiger partial charge in [0, 0.05) is 6.42 Å². The van der Waals surface area contributed by atoms with E-state index in [9.17, 15) is 25.2 Å². The Labute approximate surface area is 173 Å². The summed E-state index contributed by atoms with van der Waals surface area (Å²) in [5.74, 6) is -0.827. The fourth-order valence-electron chi connectivity index (χ4n) is 3.44. The number of rotatable bonds is 10. The lowest BCUT2D eigenvalue weighted by molar-refractivity contribution is -0.156. The number of benzene rings is 1. The summed E-state index contributed by atoms with van der Waals surface area (Å²) in [5.41, 5.74) is -1.65. The Morgan fingerprint density at radius 3 is 2.28 bits per heavy atom. The van der Waals surface area contributed by atoms with Crippen molar-refractivity contribution in [1.82, 2.24) is 0 Å². The van der Waals surface area contributed by atoms with Crippen LogP contribution in [0.25, 0.3) is 0 Å². The van der Waals surface area contributed by atoms with E-state index < -0.39 is 23.1 Å². The third kappa shape index (κ3) is 8.88. The number of aliphatic hydroxyl groups excluding tert-OH is 1. The maximum Gasteiger partial charge on any atom is 0.311 e. The van der Waals surface area contributed by atoms with Crippen molar-refractivity contribution in [3.8, 4) is 11.5 Å². The molecule has 0 aromatic heterocycles. The van der Waals surface area contributed by atoms with E-state index in [1.165, 1.54) is 12.1 Å². The monoisotopic (exact) mass is 408 g/mol. The molecule has 29 heavy (non-hydrogen) atoms. The molecule has 2 unspecified atom stereocenters. The van der Waals surface area contributed by atoms with Crippen LogP contribution in [0.15, 0.2) is 30.4 Å². The smallest absolute Gasteiger partial charge is 0.311 e. The molecule has 0 fully saturated rings. The molecule has 6 nitrogen and oxygen atoms in total. The minimum absolute atomic E-state index is 0.131. The van der Waals surface area contributed by atoms with Crippen LogP contribution in [0.2, 0.25) is 0 Å². The van der Waals surface area contributed by atoms with Crippen LogP contribution in [-0.4, -0.2) is 44.7 Å². The van der Waals surface area contributed by atoms with Crippen LogP contribution >= 0.6 is 0 Å². The summed E-state index contributed by atoms with van der Waals surface area (Å²) in [6.45, 7) is 10.9. The minimum atomic E-state index is -1.21. The zero-order valence-corrected chi connectivity index (χ0v) is 18.4. The number of phenolic OH excluding ortho intramolecular Hbond substituents is 2. The molecule has 1 rings (SSSR count). The van der Waals surface area contributed by atoms with E-state index in [1.807, 2.05) is 19.9 Å². The maximum atomic E-state index is 12.5. The Morgan fingerprint density at radius 1 is 1.10 bits per heavy atom. The highest BCUT2D eigenvalue weighted by Gasteiger charge is 2.36. The minimum Gasteiger partial charge on any atom is -0.504 e. The molecule has 0 amide bonds. The van der Waals surface area contributed by atoms with Gasteiger partial charge in [-0.2, -0.15) is 0 Å². The summed E-state index contributed by atoms with van der Waals surface area (Å²) in [6, 6.07) is 4.47. The second-order valence-corrected chi connectivity index (χ2v) is 9.50. The zero-order valence-electron chi connectivity index (χ0n) is 18.4. The van der Waals surface area contributed by atoms with E-state index in [4.69, 9.17) is 4.74 Å². The molecule has 0 saturated carbocycles. The molecule has 164 valence electrons. The summed E-state index contributed by atoms with van der Waals surface area (Å²) in [6.07, 6.45) is 4.26. The first-order valence-corrected chi connectivity index (χ1v) is 9.92. The van der Waals surface area contributed by atoms with Gasteiger partial charge in [0.15, 0.2) is 11.5 Å². The molecular weight excluding hydrogens is 372 g/mol. The normalized spacial score (nSPS) is 15.9. The van der Waals surface area contributed by atoms with E-state index in [1.54, 1.807) is 39.8 Å². The highest BCUT2D eigenvalue weighted by molar-refractivity contribution is 5.76. The third-order valence-electron chi connectivity index (χ3n) is 4.73. The van der Waals surface area contributed by atoms with Crippen LogP contribution in [-0.2, 0) is 16.0 Å². The first kappa shape index (κ1) is 25.0. The number of hydrogen-bond donors (Lipinski definition) is 4. The Kier molecular flexibility index (Phi) is 8.30. The number of hydrogen-bond acceptors (Lipinski definition) is 6. The van der Waals surface area contributed by atoms with Gasteiger partial charge in [-0.3, -0.25) is 4.79 Å². The van der Waals surface area contributed by atoms with Crippen LogP contribution < -0.4 is 0 Å². The van der Waals surface area contributed by atoms with Crippen molar-refractivity contribution in [2.24, 2.45) is 10.8 Å². The summed E-state index contributed by atoms with van der Waals surface area (Å²) in [7, 11) is 0. The molecule has 0 saturated heterocycles. The second kappa shape index (κ2) is 9.63. The molecule has 0 aliphatic carbocycles. The number of carbonyl (C=O) groups is 1. The number of ether oxygens (including phenoxy) is 1. The Morgan fingerprint density at radius 2 is 1.72 bits per heavy atom. The number of aliphatic hydroxyl groups is 2. The van der Waals surface area contributed by atoms with Gasteiger partial charge in [0.1, 0.15) is 0 Å². The fourth-order valence-corrected chi connectivity index (χ4v) is 3.44. The van der Waals surface area contributed by atoms with Crippen molar-refractivity contribution in [2.75, 3.05) is 6.61 Å².